The second kappa shape index (κ2) is 5.62. The zero-order valence-corrected chi connectivity index (χ0v) is 10.8. The van der Waals surface area contributed by atoms with E-state index in [1.54, 1.807) is 18.4 Å². The average Bonchev–Trinajstić information content (AvgIpc) is 2.91. The SMILES string of the molecule is CO[C@@H]1CCN(C(=O)c2ccsc2)[C@@H](CN)C1. The van der Waals surface area contributed by atoms with Crippen LogP contribution in [0.2, 0.25) is 0 Å². The Morgan fingerprint density at radius 1 is 1.71 bits per heavy atom. The number of carbonyl (C=O) groups excluding carboxylic acids is 1. The summed E-state index contributed by atoms with van der Waals surface area (Å²) in [4.78, 5) is 14.1. The van der Waals surface area contributed by atoms with Gasteiger partial charge in [0.15, 0.2) is 0 Å². The third kappa shape index (κ3) is 2.68. The van der Waals surface area contributed by atoms with Gasteiger partial charge in [0, 0.05) is 31.6 Å². The quantitative estimate of drug-likeness (QED) is 0.885. The number of piperidine rings is 1. The molecule has 0 saturated carbocycles. The van der Waals surface area contributed by atoms with Crippen molar-refractivity contribution in [2.24, 2.45) is 5.73 Å². The maximum Gasteiger partial charge on any atom is 0.254 e. The first-order valence-electron chi connectivity index (χ1n) is 5.82. The van der Waals surface area contributed by atoms with Crippen molar-refractivity contribution in [3.63, 3.8) is 0 Å². The van der Waals surface area contributed by atoms with E-state index in [2.05, 4.69) is 0 Å². The van der Waals surface area contributed by atoms with Gasteiger partial charge in [0.2, 0.25) is 0 Å². The zero-order valence-electron chi connectivity index (χ0n) is 9.96. The lowest BCUT2D eigenvalue weighted by molar-refractivity contribution is 0.0139. The van der Waals surface area contributed by atoms with Gasteiger partial charge in [0.1, 0.15) is 0 Å². The largest absolute Gasteiger partial charge is 0.381 e. The van der Waals surface area contributed by atoms with Gasteiger partial charge in [-0.25, -0.2) is 0 Å². The van der Waals surface area contributed by atoms with E-state index in [0.29, 0.717) is 6.54 Å². The van der Waals surface area contributed by atoms with E-state index >= 15 is 0 Å². The molecule has 1 amide bonds. The highest BCUT2D eigenvalue weighted by Gasteiger charge is 2.31. The van der Waals surface area contributed by atoms with Gasteiger partial charge in [-0.15, -0.1) is 0 Å². The van der Waals surface area contributed by atoms with Crippen LogP contribution in [0.25, 0.3) is 0 Å². The van der Waals surface area contributed by atoms with Gasteiger partial charge >= 0.3 is 0 Å². The molecule has 4 nitrogen and oxygen atoms in total. The topological polar surface area (TPSA) is 55.6 Å². The van der Waals surface area contributed by atoms with Crippen LogP contribution in [0.5, 0.6) is 0 Å². The maximum atomic E-state index is 12.3. The molecule has 0 aliphatic carbocycles. The second-order valence-corrected chi connectivity index (χ2v) is 5.06. The van der Waals surface area contributed by atoms with E-state index in [4.69, 9.17) is 10.5 Å². The first-order valence-corrected chi connectivity index (χ1v) is 6.76. The predicted molar refractivity (Wildman–Crippen MR) is 68.2 cm³/mol. The molecule has 2 atom stereocenters. The lowest BCUT2D eigenvalue weighted by Crippen LogP contribution is -2.51. The van der Waals surface area contributed by atoms with E-state index in [-0.39, 0.29) is 18.1 Å². The Bertz CT molecular complexity index is 367. The highest BCUT2D eigenvalue weighted by atomic mass is 32.1. The molecule has 1 fully saturated rings. The van der Waals surface area contributed by atoms with Gasteiger partial charge in [-0.2, -0.15) is 11.3 Å². The normalized spacial score (nSPS) is 24.9. The van der Waals surface area contributed by atoms with Crippen molar-refractivity contribution in [2.75, 3.05) is 20.2 Å². The third-order valence-corrected chi connectivity index (χ3v) is 3.99. The lowest BCUT2D eigenvalue weighted by Gasteiger charge is -2.38. The van der Waals surface area contributed by atoms with Crippen molar-refractivity contribution in [1.82, 2.24) is 4.90 Å². The Balaban J connectivity index is 2.07. The van der Waals surface area contributed by atoms with Crippen LogP contribution in [0.3, 0.4) is 0 Å². The number of rotatable bonds is 3. The van der Waals surface area contributed by atoms with Crippen LogP contribution in [-0.2, 0) is 4.74 Å². The highest BCUT2D eigenvalue weighted by molar-refractivity contribution is 7.08. The standard InChI is InChI=1S/C12H18N2O2S/c1-16-11-2-4-14(10(6-11)7-13)12(15)9-3-5-17-8-9/h3,5,8,10-11H,2,4,6-7,13H2,1H3/t10-,11-/m1/s1. The molecule has 2 N–H and O–H groups in total. The summed E-state index contributed by atoms with van der Waals surface area (Å²) in [6.45, 7) is 1.23. The summed E-state index contributed by atoms with van der Waals surface area (Å²) in [5, 5.41) is 3.81. The van der Waals surface area contributed by atoms with Crippen molar-refractivity contribution in [3.05, 3.63) is 22.4 Å². The molecule has 1 aromatic rings. The molecule has 17 heavy (non-hydrogen) atoms. The monoisotopic (exact) mass is 254 g/mol. The predicted octanol–water partition coefficient (Wildman–Crippen LogP) is 1.33. The number of ether oxygens (including phenoxy) is 1. The van der Waals surface area contributed by atoms with Crippen molar-refractivity contribution in [2.45, 2.75) is 25.0 Å². The Morgan fingerprint density at radius 3 is 3.12 bits per heavy atom. The van der Waals surface area contributed by atoms with E-state index in [1.807, 2.05) is 21.7 Å². The van der Waals surface area contributed by atoms with Crippen molar-refractivity contribution >= 4 is 17.2 Å². The van der Waals surface area contributed by atoms with Gasteiger partial charge in [-0.3, -0.25) is 4.79 Å². The second-order valence-electron chi connectivity index (χ2n) is 4.28. The first-order chi connectivity index (χ1) is 8.26. The summed E-state index contributed by atoms with van der Waals surface area (Å²) >= 11 is 1.54. The molecule has 0 spiro atoms. The molecule has 0 aromatic carbocycles. The van der Waals surface area contributed by atoms with Crippen LogP contribution in [0.1, 0.15) is 23.2 Å². The fourth-order valence-electron chi connectivity index (χ4n) is 2.27. The van der Waals surface area contributed by atoms with Gasteiger partial charge in [-0.05, 0) is 24.3 Å². The van der Waals surface area contributed by atoms with Crippen molar-refractivity contribution < 1.29 is 9.53 Å². The molecule has 94 valence electrons. The zero-order chi connectivity index (χ0) is 12.3. The minimum atomic E-state index is 0.0938. The Hall–Kier alpha value is -0.910. The van der Waals surface area contributed by atoms with Gasteiger partial charge in [0.05, 0.1) is 11.7 Å². The van der Waals surface area contributed by atoms with E-state index in [1.165, 1.54) is 0 Å². The minimum absolute atomic E-state index is 0.0938. The van der Waals surface area contributed by atoms with E-state index in [9.17, 15) is 4.79 Å². The molecule has 1 saturated heterocycles. The molecule has 1 aliphatic heterocycles. The number of amides is 1. The minimum Gasteiger partial charge on any atom is -0.381 e. The Morgan fingerprint density at radius 2 is 2.53 bits per heavy atom. The number of hydrogen-bond acceptors (Lipinski definition) is 4. The molecule has 2 heterocycles. The van der Waals surface area contributed by atoms with Crippen LogP contribution in [-0.4, -0.2) is 43.2 Å². The number of likely N-dealkylation sites (tertiary alicyclic amines) is 1. The van der Waals surface area contributed by atoms with Crippen LogP contribution < -0.4 is 5.73 Å². The summed E-state index contributed by atoms with van der Waals surface area (Å²) in [5.74, 6) is 0.0938. The Kier molecular flexibility index (Phi) is 4.15. The van der Waals surface area contributed by atoms with E-state index in [0.717, 1.165) is 24.9 Å². The molecule has 2 rings (SSSR count). The molecule has 5 heteroatoms. The van der Waals surface area contributed by atoms with Crippen LogP contribution in [0, 0.1) is 0 Å². The molecular formula is C12H18N2O2S. The smallest absolute Gasteiger partial charge is 0.254 e. The van der Waals surface area contributed by atoms with Crippen LogP contribution in [0.4, 0.5) is 0 Å². The number of nitrogens with two attached hydrogens (primary N) is 1. The molecule has 0 radical (unpaired) electrons. The first kappa shape index (κ1) is 12.5. The fourth-order valence-corrected chi connectivity index (χ4v) is 2.90. The van der Waals surface area contributed by atoms with Crippen LogP contribution >= 0.6 is 11.3 Å². The fraction of sp³-hybridized carbons (Fsp3) is 0.583. The molecular weight excluding hydrogens is 236 g/mol. The number of nitrogens with zero attached hydrogens (tertiary/aromatic N) is 1. The van der Waals surface area contributed by atoms with Gasteiger partial charge in [0.25, 0.3) is 5.91 Å². The van der Waals surface area contributed by atoms with Gasteiger partial charge < -0.3 is 15.4 Å². The molecule has 1 aliphatic rings. The number of carbonyl (C=O) groups is 1. The highest BCUT2D eigenvalue weighted by Crippen LogP contribution is 2.22. The average molecular weight is 254 g/mol. The third-order valence-electron chi connectivity index (χ3n) is 3.30. The van der Waals surface area contributed by atoms with Crippen LogP contribution in [0.15, 0.2) is 16.8 Å². The lowest BCUT2D eigenvalue weighted by atomic mass is 9.98. The number of methoxy groups -OCH3 is 1. The summed E-state index contributed by atoms with van der Waals surface area (Å²) in [6, 6.07) is 1.96. The van der Waals surface area contributed by atoms with Crippen molar-refractivity contribution in [3.8, 4) is 0 Å². The summed E-state index contributed by atoms with van der Waals surface area (Å²) in [7, 11) is 1.72. The molecule has 1 aromatic heterocycles. The summed E-state index contributed by atoms with van der Waals surface area (Å²) < 4.78 is 5.35. The van der Waals surface area contributed by atoms with Gasteiger partial charge in [-0.1, -0.05) is 0 Å². The maximum absolute atomic E-state index is 12.3. The summed E-state index contributed by atoms with van der Waals surface area (Å²) in [5.41, 5.74) is 6.52. The van der Waals surface area contributed by atoms with Crippen molar-refractivity contribution in [1.29, 1.82) is 0 Å². The van der Waals surface area contributed by atoms with E-state index < -0.39 is 0 Å². The molecule has 0 bridgehead atoms. The number of thiophene rings is 1. The number of hydrogen-bond donors (Lipinski definition) is 1. The molecule has 0 unspecified atom stereocenters. The Labute approximate surface area is 105 Å². The summed E-state index contributed by atoms with van der Waals surface area (Å²) in [6.07, 6.45) is 1.96.